The third kappa shape index (κ3) is 3.36. The Morgan fingerprint density at radius 2 is 1.57 bits per heavy atom. The minimum Gasteiger partial charge on any atom is -0.391 e. The van der Waals surface area contributed by atoms with Crippen molar-refractivity contribution in [2.24, 2.45) is 5.92 Å². The van der Waals surface area contributed by atoms with Gasteiger partial charge in [0.25, 0.3) is 0 Å². The van der Waals surface area contributed by atoms with Gasteiger partial charge in [0.2, 0.25) is 5.91 Å². The summed E-state index contributed by atoms with van der Waals surface area (Å²) in [7, 11) is 0. The van der Waals surface area contributed by atoms with Gasteiger partial charge in [-0.25, -0.2) is 0 Å². The van der Waals surface area contributed by atoms with Gasteiger partial charge in [-0.2, -0.15) is 0 Å². The summed E-state index contributed by atoms with van der Waals surface area (Å²) >= 11 is 0. The topological polar surface area (TPSA) is 43.8 Å². The highest BCUT2D eigenvalue weighted by Gasteiger charge is 2.39. The van der Waals surface area contributed by atoms with Crippen molar-refractivity contribution in [2.75, 3.05) is 18.0 Å². The van der Waals surface area contributed by atoms with Gasteiger partial charge in [-0.3, -0.25) is 14.6 Å². The highest BCUT2D eigenvalue weighted by Crippen LogP contribution is 2.47. The third-order valence-electron chi connectivity index (χ3n) is 7.50. The van der Waals surface area contributed by atoms with Gasteiger partial charge in [-0.1, -0.05) is 49.2 Å². The molecule has 0 bridgehead atoms. The van der Waals surface area contributed by atoms with Crippen LogP contribution in [-0.4, -0.2) is 41.1 Å². The first-order chi connectivity index (χ1) is 14.6. The maximum atomic E-state index is 12.5. The molecule has 0 aromatic heterocycles. The van der Waals surface area contributed by atoms with Gasteiger partial charge in [0.05, 0.1) is 17.5 Å². The van der Waals surface area contributed by atoms with E-state index in [-0.39, 0.29) is 11.8 Å². The van der Waals surface area contributed by atoms with Crippen LogP contribution in [0.25, 0.3) is 0 Å². The van der Waals surface area contributed by atoms with Gasteiger partial charge in [-0.05, 0) is 61.4 Å². The molecule has 1 N–H and O–H groups in total. The molecule has 158 valence electrons. The fraction of sp³-hybridized carbons (Fsp3) is 0.500. The molecule has 2 aromatic rings. The van der Waals surface area contributed by atoms with Crippen LogP contribution in [0.3, 0.4) is 0 Å². The number of hydrogen-bond donors (Lipinski definition) is 1. The molecule has 4 nitrogen and oxygen atoms in total. The molecule has 0 unspecified atom stereocenters. The van der Waals surface area contributed by atoms with Crippen LogP contribution >= 0.6 is 0 Å². The van der Waals surface area contributed by atoms with E-state index in [1.165, 1.54) is 38.5 Å². The van der Waals surface area contributed by atoms with E-state index in [2.05, 4.69) is 17.0 Å². The number of para-hydroxylation sites is 2. The second-order valence-corrected chi connectivity index (χ2v) is 9.27. The fourth-order valence-electron chi connectivity index (χ4n) is 6.26. The molecule has 1 saturated heterocycles. The molecule has 1 saturated carbocycles. The number of aliphatic hydroxyl groups is 1. The first-order valence-corrected chi connectivity index (χ1v) is 11.6. The Morgan fingerprint density at radius 1 is 0.967 bits per heavy atom. The minimum atomic E-state index is -0.498. The van der Waals surface area contributed by atoms with Crippen LogP contribution in [0.1, 0.15) is 62.5 Å². The normalized spacial score (nSPS) is 25.2. The van der Waals surface area contributed by atoms with Gasteiger partial charge in [-0.15, -0.1) is 0 Å². The zero-order valence-electron chi connectivity index (χ0n) is 17.8. The predicted octanol–water partition coefficient (Wildman–Crippen LogP) is 4.83. The lowest BCUT2D eigenvalue weighted by Gasteiger charge is -2.46. The van der Waals surface area contributed by atoms with Crippen LogP contribution in [0.2, 0.25) is 0 Å². The maximum Gasteiger partial charge on any atom is 0.228 e. The lowest BCUT2D eigenvalue weighted by atomic mass is 9.77. The van der Waals surface area contributed by atoms with Crippen LogP contribution in [0.4, 0.5) is 11.4 Å². The van der Waals surface area contributed by atoms with Crippen LogP contribution in [0, 0.1) is 5.92 Å². The number of amides is 1. The summed E-state index contributed by atoms with van der Waals surface area (Å²) in [6.45, 7) is 3.41. The summed E-state index contributed by atoms with van der Waals surface area (Å²) in [6, 6.07) is 16.8. The first kappa shape index (κ1) is 19.8. The summed E-state index contributed by atoms with van der Waals surface area (Å²) in [5.74, 6) is 0.694. The number of β-amino-alcohol motifs (C(OH)–C–C–N with tert-alkyl or cyclic N) is 1. The van der Waals surface area contributed by atoms with Crippen molar-refractivity contribution in [1.29, 1.82) is 0 Å². The molecule has 2 heterocycles. The number of carbonyl (C=O) groups excluding carboxylic acids is 1. The van der Waals surface area contributed by atoms with Crippen molar-refractivity contribution in [3.05, 3.63) is 59.7 Å². The number of carbonyl (C=O) groups is 1. The molecular weight excluding hydrogens is 372 g/mol. The maximum absolute atomic E-state index is 12.5. The van der Waals surface area contributed by atoms with Crippen molar-refractivity contribution in [1.82, 2.24) is 4.90 Å². The van der Waals surface area contributed by atoms with Crippen molar-refractivity contribution in [2.45, 2.75) is 63.5 Å². The van der Waals surface area contributed by atoms with Crippen LogP contribution in [0.15, 0.2) is 48.5 Å². The molecule has 4 heteroatoms. The SMILES string of the molecule is CC(=O)N1c2ccccc2C([C@H](O)CN2CCC[C@H]3CCCC[C@@H]32)c2ccccc21. The van der Waals surface area contributed by atoms with E-state index < -0.39 is 6.10 Å². The van der Waals surface area contributed by atoms with Crippen molar-refractivity contribution in [3.8, 4) is 0 Å². The number of piperidine rings is 1. The number of likely N-dealkylation sites (tertiary alicyclic amines) is 1. The predicted molar refractivity (Wildman–Crippen MR) is 120 cm³/mol. The third-order valence-corrected chi connectivity index (χ3v) is 7.50. The summed E-state index contributed by atoms with van der Waals surface area (Å²) in [5.41, 5.74) is 3.91. The Bertz CT molecular complexity index is 877. The van der Waals surface area contributed by atoms with Gasteiger partial charge in [0.1, 0.15) is 0 Å². The number of aliphatic hydroxyl groups excluding tert-OH is 1. The lowest BCUT2D eigenvalue weighted by Crippen LogP contribution is -2.50. The fourth-order valence-corrected chi connectivity index (χ4v) is 6.26. The number of rotatable bonds is 3. The molecule has 2 aromatic carbocycles. The Morgan fingerprint density at radius 3 is 2.23 bits per heavy atom. The van der Waals surface area contributed by atoms with Crippen LogP contribution in [-0.2, 0) is 4.79 Å². The second-order valence-electron chi connectivity index (χ2n) is 9.27. The molecular formula is C26H32N2O2. The standard InChI is InChI=1S/C26H32N2O2/c1-18(29)28-23-14-6-3-11-20(23)26(21-12-4-7-15-24(21)28)25(30)17-27-16-8-10-19-9-2-5-13-22(19)27/h3-4,6-7,11-12,14-15,19,22,25-26,30H,2,5,8-10,13,16-17H2,1H3/t19-,22+,25-/m1/s1. The average molecular weight is 405 g/mol. The van der Waals surface area contributed by atoms with E-state index in [9.17, 15) is 9.90 Å². The molecule has 2 fully saturated rings. The van der Waals surface area contributed by atoms with E-state index in [1.54, 1.807) is 11.8 Å². The van der Waals surface area contributed by atoms with Crippen LogP contribution in [0.5, 0.6) is 0 Å². The van der Waals surface area contributed by atoms with Gasteiger partial charge in [0, 0.05) is 25.4 Å². The molecule has 30 heavy (non-hydrogen) atoms. The van der Waals surface area contributed by atoms with Crippen molar-refractivity contribution in [3.63, 3.8) is 0 Å². The van der Waals surface area contributed by atoms with Crippen molar-refractivity contribution < 1.29 is 9.90 Å². The molecule has 5 rings (SSSR count). The molecule has 2 aliphatic heterocycles. The Labute approximate surface area is 179 Å². The van der Waals surface area contributed by atoms with E-state index >= 15 is 0 Å². The zero-order chi connectivity index (χ0) is 20.7. The number of hydrogen-bond acceptors (Lipinski definition) is 3. The van der Waals surface area contributed by atoms with E-state index in [4.69, 9.17) is 0 Å². The second kappa shape index (κ2) is 8.16. The highest BCUT2D eigenvalue weighted by atomic mass is 16.3. The molecule has 0 radical (unpaired) electrons. The lowest BCUT2D eigenvalue weighted by molar-refractivity contribution is -0.115. The van der Waals surface area contributed by atoms with E-state index in [0.717, 1.165) is 35.0 Å². The number of nitrogens with zero attached hydrogens (tertiary/aromatic N) is 2. The van der Waals surface area contributed by atoms with E-state index in [1.807, 2.05) is 36.4 Å². The first-order valence-electron chi connectivity index (χ1n) is 11.6. The van der Waals surface area contributed by atoms with Gasteiger partial charge in [0.15, 0.2) is 0 Å². The van der Waals surface area contributed by atoms with Crippen molar-refractivity contribution >= 4 is 17.3 Å². The Hall–Kier alpha value is -2.17. The molecule has 3 aliphatic rings. The molecule has 3 atom stereocenters. The number of benzene rings is 2. The monoisotopic (exact) mass is 404 g/mol. The molecule has 0 spiro atoms. The summed E-state index contributed by atoms with van der Waals surface area (Å²) in [6.07, 6.45) is 7.39. The Kier molecular flexibility index (Phi) is 5.38. The van der Waals surface area contributed by atoms with Crippen LogP contribution < -0.4 is 4.90 Å². The quantitative estimate of drug-likeness (QED) is 0.797. The smallest absolute Gasteiger partial charge is 0.228 e. The Balaban J connectivity index is 1.49. The average Bonchev–Trinajstić information content (AvgIpc) is 2.77. The number of fused-ring (bicyclic) bond motifs is 3. The van der Waals surface area contributed by atoms with Gasteiger partial charge < -0.3 is 5.11 Å². The minimum absolute atomic E-state index is 0.00363. The largest absolute Gasteiger partial charge is 0.391 e. The van der Waals surface area contributed by atoms with Gasteiger partial charge >= 0.3 is 0 Å². The summed E-state index contributed by atoms with van der Waals surface area (Å²) in [4.78, 5) is 16.9. The summed E-state index contributed by atoms with van der Waals surface area (Å²) in [5, 5.41) is 11.6. The molecule has 1 amide bonds. The zero-order valence-corrected chi connectivity index (χ0v) is 17.8. The summed E-state index contributed by atoms with van der Waals surface area (Å²) < 4.78 is 0. The number of anilines is 2. The van der Waals surface area contributed by atoms with E-state index in [0.29, 0.717) is 12.6 Å². The molecule has 1 aliphatic carbocycles. The highest BCUT2D eigenvalue weighted by molar-refractivity contribution is 6.02.